The molecular formula is C24H30O4S. The molecule has 2 saturated carbocycles. The van der Waals surface area contributed by atoms with Crippen molar-refractivity contribution >= 4 is 9.84 Å². The van der Waals surface area contributed by atoms with E-state index in [1.165, 1.54) is 37.1 Å². The maximum absolute atomic E-state index is 13.4. The number of sulfone groups is 1. The molecule has 0 unspecified atom stereocenters. The van der Waals surface area contributed by atoms with Gasteiger partial charge in [0.25, 0.3) is 0 Å². The average molecular weight is 415 g/mol. The topological polar surface area (TPSA) is 74.6 Å². The van der Waals surface area contributed by atoms with Crippen molar-refractivity contribution in [3.63, 3.8) is 0 Å². The van der Waals surface area contributed by atoms with E-state index in [0.29, 0.717) is 0 Å². The van der Waals surface area contributed by atoms with Crippen molar-refractivity contribution in [3.8, 4) is 11.5 Å². The van der Waals surface area contributed by atoms with Crippen LogP contribution in [0.4, 0.5) is 0 Å². The van der Waals surface area contributed by atoms with E-state index < -0.39 is 9.84 Å². The van der Waals surface area contributed by atoms with Crippen LogP contribution in [0.2, 0.25) is 0 Å². The van der Waals surface area contributed by atoms with Crippen LogP contribution in [-0.2, 0) is 9.84 Å². The molecule has 0 saturated heterocycles. The summed E-state index contributed by atoms with van der Waals surface area (Å²) >= 11 is 0. The first-order valence-corrected chi connectivity index (χ1v) is 12.4. The summed E-state index contributed by atoms with van der Waals surface area (Å²) < 4.78 is 26.7. The lowest BCUT2D eigenvalue weighted by Crippen LogP contribution is -2.09. The smallest absolute Gasteiger partial charge is 0.206 e. The maximum Gasteiger partial charge on any atom is 0.206 e. The fourth-order valence-corrected chi connectivity index (χ4v) is 6.35. The van der Waals surface area contributed by atoms with Gasteiger partial charge in [-0.25, -0.2) is 8.42 Å². The van der Waals surface area contributed by atoms with Crippen molar-refractivity contribution in [3.05, 3.63) is 47.5 Å². The molecule has 4 rings (SSSR count). The highest BCUT2D eigenvalue weighted by atomic mass is 32.2. The normalized spacial score (nSPS) is 19.3. The second-order valence-corrected chi connectivity index (χ2v) is 10.6. The molecule has 2 aliphatic rings. The molecule has 2 aliphatic carbocycles. The van der Waals surface area contributed by atoms with Gasteiger partial charge in [0.1, 0.15) is 11.5 Å². The van der Waals surface area contributed by atoms with Crippen LogP contribution >= 0.6 is 0 Å². The Morgan fingerprint density at radius 2 is 1.00 bits per heavy atom. The third-order valence-electron chi connectivity index (χ3n) is 6.71. The zero-order chi connectivity index (χ0) is 20.4. The maximum atomic E-state index is 13.4. The first kappa shape index (κ1) is 20.3. The van der Waals surface area contributed by atoms with Gasteiger partial charge < -0.3 is 10.2 Å². The SMILES string of the molecule is O=S(=O)(c1ccc(O)c(C2CCCCC2)c1)c1ccc(O)c(C2CCCCC2)c1. The molecule has 2 N–H and O–H groups in total. The third kappa shape index (κ3) is 4.16. The quantitative estimate of drug-likeness (QED) is 0.641. The van der Waals surface area contributed by atoms with Crippen LogP contribution in [-0.4, -0.2) is 18.6 Å². The number of phenols is 2. The second kappa shape index (κ2) is 8.39. The molecular weight excluding hydrogens is 384 g/mol. The van der Waals surface area contributed by atoms with Crippen molar-refractivity contribution in [2.45, 2.75) is 85.8 Å². The standard InChI is InChI=1S/C24H30O4S/c25-23-13-11-19(15-21(23)17-7-3-1-4-8-17)29(27,28)20-12-14-24(26)22(16-20)18-9-5-2-6-10-18/h11-18,25-26H,1-10H2. The number of benzene rings is 2. The number of aromatic hydroxyl groups is 2. The van der Waals surface area contributed by atoms with Gasteiger partial charge in [-0.1, -0.05) is 38.5 Å². The van der Waals surface area contributed by atoms with Crippen LogP contribution in [0.3, 0.4) is 0 Å². The van der Waals surface area contributed by atoms with Gasteiger partial charge in [-0.15, -0.1) is 0 Å². The highest BCUT2D eigenvalue weighted by Gasteiger charge is 2.26. The predicted molar refractivity (Wildman–Crippen MR) is 113 cm³/mol. The van der Waals surface area contributed by atoms with Crippen molar-refractivity contribution < 1.29 is 18.6 Å². The van der Waals surface area contributed by atoms with E-state index in [4.69, 9.17) is 0 Å². The molecule has 0 aliphatic heterocycles. The van der Waals surface area contributed by atoms with Crippen LogP contribution in [0.1, 0.15) is 87.2 Å². The summed E-state index contributed by atoms with van der Waals surface area (Å²) in [5.74, 6) is 0.807. The monoisotopic (exact) mass is 414 g/mol. The summed E-state index contributed by atoms with van der Waals surface area (Å²) in [4.78, 5) is 0.437. The molecule has 0 amide bonds. The molecule has 2 aromatic carbocycles. The van der Waals surface area contributed by atoms with Gasteiger partial charge >= 0.3 is 0 Å². The summed E-state index contributed by atoms with van der Waals surface area (Å²) in [5, 5.41) is 20.7. The lowest BCUT2D eigenvalue weighted by molar-refractivity contribution is 0.413. The predicted octanol–water partition coefficient (Wildman–Crippen LogP) is 6.03. The number of hydrogen-bond acceptors (Lipinski definition) is 4. The van der Waals surface area contributed by atoms with Gasteiger partial charge in [-0.2, -0.15) is 0 Å². The summed E-state index contributed by atoms with van der Waals surface area (Å²) in [6, 6.07) is 9.33. The Morgan fingerprint density at radius 3 is 1.38 bits per heavy atom. The molecule has 156 valence electrons. The minimum atomic E-state index is -3.72. The van der Waals surface area contributed by atoms with E-state index in [1.54, 1.807) is 12.1 Å². The molecule has 0 radical (unpaired) electrons. The molecule has 0 atom stereocenters. The molecule has 29 heavy (non-hydrogen) atoms. The van der Waals surface area contributed by atoms with Crippen LogP contribution in [0.5, 0.6) is 11.5 Å². The Morgan fingerprint density at radius 1 is 0.621 bits per heavy atom. The Hall–Kier alpha value is -2.01. The minimum absolute atomic E-state index is 0.185. The van der Waals surface area contributed by atoms with Crippen molar-refractivity contribution in [1.82, 2.24) is 0 Å². The Bertz CT molecular complexity index is 895. The minimum Gasteiger partial charge on any atom is -0.508 e. The molecule has 2 fully saturated rings. The van der Waals surface area contributed by atoms with Crippen molar-refractivity contribution in [2.75, 3.05) is 0 Å². The third-order valence-corrected chi connectivity index (χ3v) is 8.46. The summed E-state index contributed by atoms with van der Waals surface area (Å²) in [6.45, 7) is 0. The van der Waals surface area contributed by atoms with Crippen LogP contribution in [0.25, 0.3) is 0 Å². The Kier molecular flexibility index (Phi) is 5.86. The molecule has 2 aromatic rings. The van der Waals surface area contributed by atoms with Gasteiger partial charge in [-0.05, 0) is 85.0 Å². The molecule has 0 heterocycles. The van der Waals surface area contributed by atoms with Gasteiger partial charge in [-0.3, -0.25) is 0 Å². The van der Waals surface area contributed by atoms with Gasteiger partial charge in [0.15, 0.2) is 0 Å². The molecule has 0 spiro atoms. The lowest BCUT2D eigenvalue weighted by atomic mass is 9.84. The zero-order valence-electron chi connectivity index (χ0n) is 16.8. The second-order valence-electron chi connectivity index (χ2n) is 8.61. The summed E-state index contributed by atoms with van der Waals surface area (Å²) in [6.07, 6.45) is 10.8. The summed E-state index contributed by atoms with van der Waals surface area (Å²) in [7, 11) is -3.72. The molecule has 0 bridgehead atoms. The van der Waals surface area contributed by atoms with Gasteiger partial charge in [0.2, 0.25) is 9.84 Å². The van der Waals surface area contributed by atoms with Crippen LogP contribution in [0, 0.1) is 0 Å². The van der Waals surface area contributed by atoms with E-state index in [9.17, 15) is 18.6 Å². The lowest BCUT2D eigenvalue weighted by Gasteiger charge is -2.24. The fraction of sp³-hybridized carbons (Fsp3) is 0.500. The Labute approximate surface area is 173 Å². The van der Waals surface area contributed by atoms with Crippen LogP contribution < -0.4 is 0 Å². The van der Waals surface area contributed by atoms with Gasteiger partial charge in [0, 0.05) is 0 Å². The largest absolute Gasteiger partial charge is 0.508 e. The average Bonchev–Trinajstić information content (AvgIpc) is 2.75. The molecule has 5 heteroatoms. The first-order chi connectivity index (χ1) is 14.0. The number of hydrogen-bond donors (Lipinski definition) is 2. The molecule has 4 nitrogen and oxygen atoms in total. The van der Waals surface area contributed by atoms with E-state index >= 15 is 0 Å². The number of phenolic OH excluding ortho intramolecular Hbond substituents is 2. The highest BCUT2D eigenvalue weighted by Crippen LogP contribution is 2.41. The van der Waals surface area contributed by atoms with E-state index in [-0.39, 0.29) is 33.1 Å². The van der Waals surface area contributed by atoms with Crippen molar-refractivity contribution in [1.29, 1.82) is 0 Å². The first-order valence-electron chi connectivity index (χ1n) is 10.9. The van der Waals surface area contributed by atoms with E-state index in [0.717, 1.165) is 62.5 Å². The Balaban J connectivity index is 1.70. The van der Waals surface area contributed by atoms with E-state index in [2.05, 4.69) is 0 Å². The van der Waals surface area contributed by atoms with Crippen molar-refractivity contribution in [2.24, 2.45) is 0 Å². The summed E-state index contributed by atoms with van der Waals surface area (Å²) in [5.41, 5.74) is 1.49. The fourth-order valence-electron chi connectivity index (χ4n) is 5.02. The van der Waals surface area contributed by atoms with Gasteiger partial charge in [0.05, 0.1) is 9.79 Å². The zero-order valence-corrected chi connectivity index (χ0v) is 17.6. The number of rotatable bonds is 4. The van der Waals surface area contributed by atoms with E-state index in [1.807, 2.05) is 0 Å². The van der Waals surface area contributed by atoms with Crippen LogP contribution in [0.15, 0.2) is 46.2 Å². The molecule has 0 aromatic heterocycles. The highest BCUT2D eigenvalue weighted by molar-refractivity contribution is 7.91.